The molecule has 4 rings (SSSR count). The number of hydrogen-bond acceptors (Lipinski definition) is 6. The number of ether oxygens (including phenoxy) is 1. The van der Waals surface area contributed by atoms with Crippen molar-refractivity contribution in [1.29, 1.82) is 0 Å². The largest absolute Gasteiger partial charge is 0.379 e. The van der Waals surface area contributed by atoms with E-state index in [2.05, 4.69) is 10.3 Å². The maximum atomic E-state index is 13.2. The van der Waals surface area contributed by atoms with Gasteiger partial charge in [0.15, 0.2) is 11.5 Å². The Labute approximate surface area is 179 Å². The molecule has 1 aromatic heterocycles. The fourth-order valence-corrected chi connectivity index (χ4v) is 4.00. The van der Waals surface area contributed by atoms with Crippen LogP contribution < -0.4 is 10.2 Å². The minimum absolute atomic E-state index is 0.143. The van der Waals surface area contributed by atoms with Gasteiger partial charge in [0.05, 0.1) is 29.2 Å². The monoisotopic (exact) mass is 439 g/mol. The molecular formula is C19H23Cl2N5O3. The summed E-state index contributed by atoms with van der Waals surface area (Å²) in [4.78, 5) is 20.7. The molecule has 1 fully saturated rings. The second-order valence-corrected chi connectivity index (χ2v) is 8.18. The van der Waals surface area contributed by atoms with Gasteiger partial charge in [0.25, 0.3) is 5.91 Å². The predicted octanol–water partition coefficient (Wildman–Crippen LogP) is 2.69. The Morgan fingerprint density at radius 1 is 1.31 bits per heavy atom. The van der Waals surface area contributed by atoms with Crippen molar-refractivity contribution in [3.8, 4) is 0 Å². The van der Waals surface area contributed by atoms with Crippen LogP contribution in [0, 0.1) is 0 Å². The summed E-state index contributed by atoms with van der Waals surface area (Å²) in [6.07, 6.45) is 0.815. The summed E-state index contributed by atoms with van der Waals surface area (Å²) in [5, 5.41) is 14.9. The van der Waals surface area contributed by atoms with Gasteiger partial charge < -0.3 is 24.6 Å². The standard InChI is InChI=1S/C19H23Cl2N5O3/c1-24-15-16(23-18(24)22-12-4-3-7-29-10-12)25(2)19(28)26(17(15)27)9-11-5-6-13(20)14(21)8-11/h5-6,8,12,19,28H,3-4,7,9-10H2,1-2H3,(H,22,23). The van der Waals surface area contributed by atoms with E-state index in [1.54, 1.807) is 41.8 Å². The number of nitrogens with zero attached hydrogens (tertiary/aromatic N) is 4. The lowest BCUT2D eigenvalue weighted by atomic mass is 10.1. The number of aromatic nitrogens is 2. The molecule has 2 unspecified atom stereocenters. The molecule has 2 aromatic rings. The van der Waals surface area contributed by atoms with Gasteiger partial charge in [-0.25, -0.2) is 0 Å². The van der Waals surface area contributed by atoms with E-state index in [1.165, 1.54) is 4.90 Å². The minimum Gasteiger partial charge on any atom is -0.379 e. The Bertz CT molecular complexity index is 929. The third-order valence-corrected chi connectivity index (χ3v) is 6.07. The molecule has 1 aromatic carbocycles. The minimum atomic E-state index is -1.15. The van der Waals surface area contributed by atoms with Crippen LogP contribution in [-0.4, -0.2) is 58.1 Å². The second-order valence-electron chi connectivity index (χ2n) is 7.36. The molecule has 0 saturated carbocycles. The van der Waals surface area contributed by atoms with E-state index in [0.29, 0.717) is 34.1 Å². The molecule has 2 aliphatic rings. The predicted molar refractivity (Wildman–Crippen MR) is 111 cm³/mol. The molecule has 1 amide bonds. The maximum Gasteiger partial charge on any atom is 0.278 e. The number of halogens is 2. The SMILES string of the molecule is CN1c2nc(NC3CCCOC3)n(C)c2C(=O)N(Cc2ccc(Cl)c(Cl)c2)C1O. The van der Waals surface area contributed by atoms with Gasteiger partial charge in [0.1, 0.15) is 0 Å². The van der Waals surface area contributed by atoms with Crippen molar-refractivity contribution in [3.05, 3.63) is 39.5 Å². The topological polar surface area (TPSA) is 82.9 Å². The molecular weight excluding hydrogens is 417 g/mol. The van der Waals surface area contributed by atoms with Crippen LogP contribution in [0.25, 0.3) is 0 Å². The molecule has 10 heteroatoms. The lowest BCUT2D eigenvalue weighted by molar-refractivity contribution is -0.000730. The Balaban J connectivity index is 1.61. The molecule has 0 spiro atoms. The van der Waals surface area contributed by atoms with Gasteiger partial charge in [-0.1, -0.05) is 29.3 Å². The number of amides is 1. The van der Waals surface area contributed by atoms with Crippen LogP contribution in [0.5, 0.6) is 0 Å². The molecule has 8 nitrogen and oxygen atoms in total. The quantitative estimate of drug-likeness (QED) is 0.761. The van der Waals surface area contributed by atoms with Crippen molar-refractivity contribution in [2.75, 3.05) is 30.5 Å². The molecule has 29 heavy (non-hydrogen) atoms. The van der Waals surface area contributed by atoms with Crippen LogP contribution in [0.15, 0.2) is 18.2 Å². The van der Waals surface area contributed by atoms with E-state index in [1.807, 2.05) is 0 Å². The zero-order valence-electron chi connectivity index (χ0n) is 16.2. The summed E-state index contributed by atoms with van der Waals surface area (Å²) in [7, 11) is 3.50. The van der Waals surface area contributed by atoms with Gasteiger partial charge in [-0.2, -0.15) is 4.98 Å². The summed E-state index contributed by atoms with van der Waals surface area (Å²) in [6, 6.07) is 5.29. The highest BCUT2D eigenvalue weighted by molar-refractivity contribution is 6.42. The average Bonchev–Trinajstić information content (AvgIpc) is 3.03. The van der Waals surface area contributed by atoms with Crippen molar-refractivity contribution in [1.82, 2.24) is 14.5 Å². The van der Waals surface area contributed by atoms with Crippen molar-refractivity contribution >= 4 is 40.9 Å². The first-order valence-electron chi connectivity index (χ1n) is 9.43. The van der Waals surface area contributed by atoms with Crippen molar-refractivity contribution < 1.29 is 14.6 Å². The molecule has 0 bridgehead atoms. The molecule has 2 aliphatic heterocycles. The molecule has 1 saturated heterocycles. The van der Waals surface area contributed by atoms with Gasteiger partial charge in [-0.05, 0) is 30.5 Å². The first-order valence-corrected chi connectivity index (χ1v) is 10.2. The molecule has 0 radical (unpaired) electrons. The average molecular weight is 440 g/mol. The summed E-state index contributed by atoms with van der Waals surface area (Å²) >= 11 is 12.1. The Hall–Kier alpha value is -2.00. The van der Waals surface area contributed by atoms with Crippen molar-refractivity contribution in [2.45, 2.75) is 31.8 Å². The van der Waals surface area contributed by atoms with Crippen LogP contribution in [0.2, 0.25) is 10.0 Å². The number of rotatable bonds is 4. The first kappa shape index (κ1) is 20.3. The maximum absolute atomic E-state index is 13.2. The number of anilines is 2. The van der Waals surface area contributed by atoms with Crippen LogP contribution in [0.4, 0.5) is 11.8 Å². The fraction of sp³-hybridized carbons (Fsp3) is 0.474. The van der Waals surface area contributed by atoms with Crippen LogP contribution in [0.1, 0.15) is 28.9 Å². The number of aliphatic hydroxyl groups excluding tert-OH is 1. The van der Waals surface area contributed by atoms with Crippen LogP contribution >= 0.6 is 23.2 Å². The van der Waals surface area contributed by atoms with E-state index in [9.17, 15) is 9.90 Å². The number of nitrogens with one attached hydrogen (secondary N) is 1. The van der Waals surface area contributed by atoms with E-state index in [4.69, 9.17) is 27.9 Å². The normalized spacial score (nSPS) is 22.0. The molecule has 156 valence electrons. The van der Waals surface area contributed by atoms with Gasteiger partial charge in [-0.15, -0.1) is 0 Å². The molecule has 3 heterocycles. The smallest absolute Gasteiger partial charge is 0.278 e. The number of fused-ring (bicyclic) bond motifs is 1. The number of carbonyl (C=O) groups is 1. The number of carbonyl (C=O) groups excluding carboxylic acids is 1. The third-order valence-electron chi connectivity index (χ3n) is 5.33. The van der Waals surface area contributed by atoms with E-state index < -0.39 is 6.35 Å². The van der Waals surface area contributed by atoms with E-state index in [-0.39, 0.29) is 18.5 Å². The zero-order valence-corrected chi connectivity index (χ0v) is 17.7. The van der Waals surface area contributed by atoms with Gasteiger partial charge in [0, 0.05) is 20.7 Å². The van der Waals surface area contributed by atoms with Gasteiger partial charge in [0.2, 0.25) is 12.3 Å². The highest BCUT2D eigenvalue weighted by atomic mass is 35.5. The Kier molecular flexibility index (Phi) is 5.61. The van der Waals surface area contributed by atoms with Crippen molar-refractivity contribution in [2.24, 2.45) is 7.05 Å². The Morgan fingerprint density at radius 2 is 2.10 bits per heavy atom. The van der Waals surface area contributed by atoms with Crippen LogP contribution in [0.3, 0.4) is 0 Å². The number of aliphatic hydroxyl groups is 1. The van der Waals surface area contributed by atoms with Gasteiger partial charge >= 0.3 is 0 Å². The van der Waals surface area contributed by atoms with E-state index >= 15 is 0 Å². The number of imidazole rings is 1. The van der Waals surface area contributed by atoms with E-state index in [0.717, 1.165) is 25.0 Å². The summed E-state index contributed by atoms with van der Waals surface area (Å²) < 4.78 is 7.24. The fourth-order valence-electron chi connectivity index (χ4n) is 3.68. The highest BCUT2D eigenvalue weighted by Crippen LogP contribution is 2.32. The first-order chi connectivity index (χ1) is 13.9. The lowest BCUT2D eigenvalue weighted by Crippen LogP contribution is -2.53. The lowest BCUT2D eigenvalue weighted by Gasteiger charge is -2.38. The third kappa shape index (κ3) is 3.77. The second kappa shape index (κ2) is 8.02. The zero-order chi connectivity index (χ0) is 20.7. The summed E-state index contributed by atoms with van der Waals surface area (Å²) in [5.74, 6) is 0.712. The number of hydrogen-bond donors (Lipinski definition) is 2. The molecule has 0 aliphatic carbocycles. The molecule has 2 atom stereocenters. The number of benzene rings is 1. The summed E-state index contributed by atoms with van der Waals surface area (Å²) in [6.45, 7) is 1.56. The van der Waals surface area contributed by atoms with Gasteiger partial charge in [-0.3, -0.25) is 9.69 Å². The Morgan fingerprint density at radius 3 is 2.79 bits per heavy atom. The van der Waals surface area contributed by atoms with Crippen LogP contribution in [-0.2, 0) is 18.3 Å². The molecule has 2 N–H and O–H groups in total. The van der Waals surface area contributed by atoms with Crippen molar-refractivity contribution in [3.63, 3.8) is 0 Å². The summed E-state index contributed by atoms with van der Waals surface area (Å²) in [5.41, 5.74) is 1.18. The highest BCUT2D eigenvalue weighted by Gasteiger charge is 2.39.